The molecule has 4 aromatic rings. The molecule has 2 saturated heterocycles. The van der Waals surface area contributed by atoms with Gasteiger partial charge in [0.1, 0.15) is 12.1 Å². The van der Waals surface area contributed by atoms with E-state index in [4.69, 9.17) is 4.74 Å². The predicted molar refractivity (Wildman–Crippen MR) is 120 cm³/mol. The molecule has 3 fully saturated rings. The molecule has 0 bridgehead atoms. The van der Waals surface area contributed by atoms with E-state index < -0.39 is 17.5 Å². The number of aryl methyl sites for hydroxylation is 1. The molecule has 1 N–H and O–H groups in total. The Morgan fingerprint density at radius 2 is 2.00 bits per heavy atom. The maximum absolute atomic E-state index is 14.5. The summed E-state index contributed by atoms with van der Waals surface area (Å²) in [6, 6.07) is 7.36. The van der Waals surface area contributed by atoms with E-state index in [0.717, 1.165) is 30.7 Å². The first-order valence-corrected chi connectivity index (χ1v) is 11.4. The van der Waals surface area contributed by atoms with Crippen LogP contribution in [0.1, 0.15) is 5.69 Å². The fourth-order valence-electron chi connectivity index (χ4n) is 5.85. The van der Waals surface area contributed by atoms with Crippen LogP contribution in [0, 0.1) is 35.7 Å². The third kappa shape index (κ3) is 2.84. The average Bonchev–Trinajstić information content (AvgIpc) is 3.43. The van der Waals surface area contributed by atoms with Crippen LogP contribution in [0.3, 0.4) is 0 Å². The second-order valence-electron chi connectivity index (χ2n) is 9.49. The number of nitrogens with one attached hydrogen (secondary N) is 1. The molecule has 35 heavy (non-hydrogen) atoms. The number of ether oxygens (including phenoxy) is 1. The summed E-state index contributed by atoms with van der Waals surface area (Å²) < 4.78 is 49.2. The van der Waals surface area contributed by atoms with Crippen molar-refractivity contribution in [2.24, 2.45) is 11.3 Å². The van der Waals surface area contributed by atoms with E-state index in [0.29, 0.717) is 29.7 Å². The van der Waals surface area contributed by atoms with Gasteiger partial charge >= 0.3 is 0 Å². The van der Waals surface area contributed by atoms with Crippen molar-refractivity contribution in [2.75, 3.05) is 29.9 Å². The minimum absolute atomic E-state index is 0.0116. The van der Waals surface area contributed by atoms with Crippen LogP contribution >= 0.6 is 0 Å². The van der Waals surface area contributed by atoms with Gasteiger partial charge in [0.15, 0.2) is 23.1 Å². The Labute approximate surface area is 197 Å². The molecule has 2 aliphatic heterocycles. The zero-order valence-corrected chi connectivity index (χ0v) is 18.6. The van der Waals surface area contributed by atoms with Crippen LogP contribution in [-0.4, -0.2) is 56.4 Å². The van der Waals surface area contributed by atoms with E-state index >= 15 is 0 Å². The number of nitrogens with zero attached hydrogens (tertiary/aromatic N) is 6. The molecule has 4 atom stereocenters. The fourth-order valence-corrected chi connectivity index (χ4v) is 5.85. The number of pyridine rings is 1. The second kappa shape index (κ2) is 7.14. The van der Waals surface area contributed by atoms with Gasteiger partial charge in [-0.15, -0.1) is 5.10 Å². The van der Waals surface area contributed by atoms with Gasteiger partial charge in [-0.25, -0.2) is 27.7 Å². The standard InChI is InChI=1S/C24H20F3N7O/c1-12-7-17(29-11-28-12)33-8-15-20(21-24(15,9-33)10-35-21)30-23-31-22-14(3-2-6-34(22)32-23)13-4-5-16(25)19(27)18(13)26/h2-7,11,15,20-21H,8-10H2,1H3,(H,30,32)/t15-,20?,21-,24?/m0/s1. The van der Waals surface area contributed by atoms with Crippen molar-refractivity contribution >= 4 is 17.4 Å². The normalized spacial score (nSPS) is 26.7. The Morgan fingerprint density at radius 3 is 2.80 bits per heavy atom. The number of aromatic nitrogens is 5. The minimum atomic E-state index is -1.51. The Balaban J connectivity index is 1.18. The Kier molecular flexibility index (Phi) is 4.21. The Morgan fingerprint density at radius 1 is 1.11 bits per heavy atom. The van der Waals surface area contributed by atoms with Crippen LogP contribution in [0.2, 0.25) is 0 Å². The number of hydrogen-bond donors (Lipinski definition) is 1. The molecule has 7 rings (SSSR count). The molecule has 2 unspecified atom stereocenters. The van der Waals surface area contributed by atoms with Gasteiger partial charge in [0.2, 0.25) is 5.95 Å². The quantitative estimate of drug-likeness (QED) is 0.450. The van der Waals surface area contributed by atoms with Gasteiger partial charge in [0.05, 0.1) is 18.8 Å². The van der Waals surface area contributed by atoms with Gasteiger partial charge < -0.3 is 15.0 Å². The number of fused-ring (bicyclic) bond motifs is 1. The highest BCUT2D eigenvalue weighted by atomic mass is 19.2. The molecule has 1 aromatic carbocycles. The molecule has 1 spiro atoms. The topological polar surface area (TPSA) is 80.5 Å². The summed E-state index contributed by atoms with van der Waals surface area (Å²) >= 11 is 0. The summed E-state index contributed by atoms with van der Waals surface area (Å²) in [6.45, 7) is 4.35. The molecule has 178 valence electrons. The summed E-state index contributed by atoms with van der Waals surface area (Å²) in [5.41, 5.74) is 1.58. The van der Waals surface area contributed by atoms with Crippen LogP contribution in [0.25, 0.3) is 16.8 Å². The van der Waals surface area contributed by atoms with Crippen molar-refractivity contribution in [2.45, 2.75) is 19.1 Å². The van der Waals surface area contributed by atoms with Crippen molar-refractivity contribution in [3.8, 4) is 11.1 Å². The lowest BCUT2D eigenvalue weighted by Crippen LogP contribution is -2.76. The monoisotopic (exact) mass is 479 g/mol. The summed E-state index contributed by atoms with van der Waals surface area (Å²) in [7, 11) is 0. The number of anilines is 2. The van der Waals surface area contributed by atoms with Crippen LogP contribution in [0.4, 0.5) is 24.9 Å². The van der Waals surface area contributed by atoms with Gasteiger partial charge in [-0.05, 0) is 31.2 Å². The Bertz CT molecular complexity index is 1490. The van der Waals surface area contributed by atoms with E-state index in [-0.39, 0.29) is 23.1 Å². The smallest absolute Gasteiger partial charge is 0.243 e. The molecule has 1 aliphatic carbocycles. The first kappa shape index (κ1) is 20.6. The Hall–Kier alpha value is -3.73. The molecule has 5 heterocycles. The molecule has 11 heteroatoms. The summed E-state index contributed by atoms with van der Waals surface area (Å²) in [5.74, 6) is -2.40. The lowest BCUT2D eigenvalue weighted by molar-refractivity contribution is -0.272. The van der Waals surface area contributed by atoms with Crippen LogP contribution < -0.4 is 10.2 Å². The van der Waals surface area contributed by atoms with E-state index in [1.165, 1.54) is 10.6 Å². The van der Waals surface area contributed by atoms with E-state index in [1.54, 1.807) is 24.7 Å². The SMILES string of the molecule is Cc1cc(N2C[C@H]3C(Nc4nc5c(-c6ccc(F)c(F)c6F)cccn5n4)[C@@H]4OCC34C2)ncn1. The zero-order valence-electron chi connectivity index (χ0n) is 18.6. The van der Waals surface area contributed by atoms with Crippen molar-refractivity contribution < 1.29 is 17.9 Å². The molecule has 0 radical (unpaired) electrons. The summed E-state index contributed by atoms with van der Waals surface area (Å²) in [4.78, 5) is 15.5. The highest BCUT2D eigenvalue weighted by molar-refractivity contribution is 5.78. The number of benzene rings is 1. The molecule has 3 aromatic heterocycles. The van der Waals surface area contributed by atoms with Crippen molar-refractivity contribution in [1.82, 2.24) is 24.6 Å². The molecular weight excluding hydrogens is 459 g/mol. The lowest BCUT2D eigenvalue weighted by atomic mass is 9.53. The second-order valence-corrected chi connectivity index (χ2v) is 9.49. The van der Waals surface area contributed by atoms with Crippen LogP contribution in [0.15, 0.2) is 42.9 Å². The van der Waals surface area contributed by atoms with E-state index in [9.17, 15) is 13.2 Å². The van der Waals surface area contributed by atoms with Crippen LogP contribution in [-0.2, 0) is 4.74 Å². The highest BCUT2D eigenvalue weighted by Crippen LogP contribution is 2.60. The van der Waals surface area contributed by atoms with Crippen LogP contribution in [0.5, 0.6) is 0 Å². The van der Waals surface area contributed by atoms with Crippen molar-refractivity contribution in [3.63, 3.8) is 0 Å². The zero-order chi connectivity index (χ0) is 23.9. The first-order valence-electron chi connectivity index (χ1n) is 11.4. The predicted octanol–water partition coefficient (Wildman–Crippen LogP) is 3.23. The highest BCUT2D eigenvalue weighted by Gasteiger charge is 2.72. The van der Waals surface area contributed by atoms with Gasteiger partial charge in [-0.3, -0.25) is 0 Å². The van der Waals surface area contributed by atoms with E-state index in [1.807, 2.05) is 13.0 Å². The summed E-state index contributed by atoms with van der Waals surface area (Å²) in [6.07, 6.45) is 3.30. The average molecular weight is 479 g/mol. The molecular formula is C24H20F3N7O. The summed E-state index contributed by atoms with van der Waals surface area (Å²) in [5, 5.41) is 7.90. The van der Waals surface area contributed by atoms with Gasteiger partial charge in [-0.2, -0.15) is 4.98 Å². The maximum atomic E-state index is 14.5. The molecule has 0 amide bonds. The number of hydrogen-bond acceptors (Lipinski definition) is 7. The third-order valence-corrected chi connectivity index (χ3v) is 7.60. The largest absolute Gasteiger partial charge is 0.375 e. The van der Waals surface area contributed by atoms with Gasteiger partial charge in [0, 0.05) is 53.5 Å². The van der Waals surface area contributed by atoms with Crippen molar-refractivity contribution in [3.05, 3.63) is 66.0 Å². The minimum Gasteiger partial charge on any atom is -0.375 e. The van der Waals surface area contributed by atoms with E-state index in [2.05, 4.69) is 30.3 Å². The number of rotatable bonds is 4. The lowest BCUT2D eigenvalue weighted by Gasteiger charge is -2.64. The van der Waals surface area contributed by atoms with Gasteiger partial charge in [0.25, 0.3) is 0 Å². The maximum Gasteiger partial charge on any atom is 0.243 e. The van der Waals surface area contributed by atoms with Crippen molar-refractivity contribution in [1.29, 1.82) is 0 Å². The molecule has 3 aliphatic rings. The molecule has 1 saturated carbocycles. The first-order chi connectivity index (χ1) is 16.9. The van der Waals surface area contributed by atoms with Gasteiger partial charge in [-0.1, -0.05) is 0 Å². The molecule has 8 nitrogen and oxygen atoms in total. The fraction of sp³-hybridized carbons (Fsp3) is 0.333. The number of halogens is 3. The third-order valence-electron chi connectivity index (χ3n) is 7.60.